The first-order valence-corrected chi connectivity index (χ1v) is 10.4. The maximum Gasteiger partial charge on any atom is 0.258 e. The van der Waals surface area contributed by atoms with Gasteiger partial charge in [0, 0.05) is 12.2 Å². The molecular formula is C20H28N4O4. The Hall–Kier alpha value is -1.93. The summed E-state index contributed by atoms with van der Waals surface area (Å²) in [6.45, 7) is 3.56. The van der Waals surface area contributed by atoms with Gasteiger partial charge in [-0.15, -0.1) is 0 Å². The Morgan fingerprint density at radius 1 is 1.32 bits per heavy atom. The van der Waals surface area contributed by atoms with Crippen LogP contribution in [0.15, 0.2) is 6.20 Å². The minimum atomic E-state index is -0.504. The second kappa shape index (κ2) is 6.84. The first kappa shape index (κ1) is 18.1. The number of nitrogens with zero attached hydrogens (tertiary/aromatic N) is 2. The molecule has 1 saturated heterocycles. The molecule has 0 spiro atoms. The number of carbonyl (C=O) groups is 1. The van der Waals surface area contributed by atoms with E-state index in [-0.39, 0.29) is 18.0 Å². The van der Waals surface area contributed by atoms with Gasteiger partial charge in [-0.05, 0) is 56.8 Å². The quantitative estimate of drug-likeness (QED) is 0.676. The van der Waals surface area contributed by atoms with E-state index < -0.39 is 5.60 Å². The van der Waals surface area contributed by atoms with Crippen LogP contribution in [0.5, 0.6) is 5.88 Å². The number of amides is 1. The van der Waals surface area contributed by atoms with Crippen molar-refractivity contribution >= 4 is 11.9 Å². The van der Waals surface area contributed by atoms with Crippen LogP contribution in [0, 0.1) is 17.8 Å². The van der Waals surface area contributed by atoms with Gasteiger partial charge in [0.05, 0.1) is 31.5 Å². The molecule has 1 amide bonds. The normalized spacial score (nSPS) is 36.1. The number of hydrogen-bond acceptors (Lipinski definition) is 7. The molecular weight excluding hydrogens is 360 g/mol. The Labute approximate surface area is 164 Å². The van der Waals surface area contributed by atoms with Gasteiger partial charge in [-0.1, -0.05) is 0 Å². The summed E-state index contributed by atoms with van der Waals surface area (Å²) in [6.07, 6.45) is 6.27. The summed E-state index contributed by atoms with van der Waals surface area (Å²) < 4.78 is 10.8. The molecule has 3 N–H and O–H groups in total. The van der Waals surface area contributed by atoms with Crippen molar-refractivity contribution in [2.45, 2.75) is 56.7 Å². The first-order chi connectivity index (χ1) is 13.5. The zero-order chi connectivity index (χ0) is 19.3. The van der Waals surface area contributed by atoms with E-state index in [2.05, 4.69) is 20.6 Å². The molecule has 1 aromatic heterocycles. The van der Waals surface area contributed by atoms with Crippen molar-refractivity contribution in [3.05, 3.63) is 11.8 Å². The Balaban J connectivity index is 1.32. The molecule has 5 aliphatic rings. The minimum absolute atomic E-state index is 0.115. The fraction of sp³-hybridized carbons (Fsp3) is 0.750. The van der Waals surface area contributed by atoms with Gasteiger partial charge in [0.2, 0.25) is 11.8 Å². The van der Waals surface area contributed by atoms with E-state index in [1.165, 1.54) is 0 Å². The molecule has 8 nitrogen and oxygen atoms in total. The van der Waals surface area contributed by atoms with Gasteiger partial charge in [0.15, 0.2) is 0 Å². The Morgan fingerprint density at radius 2 is 2.07 bits per heavy atom. The van der Waals surface area contributed by atoms with E-state index in [9.17, 15) is 9.90 Å². The largest absolute Gasteiger partial charge is 0.477 e. The van der Waals surface area contributed by atoms with Crippen molar-refractivity contribution in [1.82, 2.24) is 15.3 Å². The summed E-state index contributed by atoms with van der Waals surface area (Å²) in [4.78, 5) is 21.7. The molecule has 1 aliphatic heterocycles. The summed E-state index contributed by atoms with van der Waals surface area (Å²) in [6, 6.07) is 0.316. The summed E-state index contributed by atoms with van der Waals surface area (Å²) in [5, 5.41) is 17.2. The Morgan fingerprint density at radius 3 is 2.68 bits per heavy atom. The monoisotopic (exact) mass is 388 g/mol. The molecule has 28 heavy (non-hydrogen) atoms. The second-order valence-electron chi connectivity index (χ2n) is 8.92. The Bertz CT molecular complexity index is 753. The molecule has 152 valence electrons. The van der Waals surface area contributed by atoms with Crippen LogP contribution in [0.1, 0.15) is 49.4 Å². The van der Waals surface area contributed by atoms with Gasteiger partial charge in [0.25, 0.3) is 5.91 Å². The SMILES string of the molecule is CCOc1nc(NC2COC2)ncc1C(=O)NC1C2CC3CC1CC(O)(C3)C2. The highest BCUT2D eigenvalue weighted by Gasteiger charge is 2.55. The fourth-order valence-corrected chi connectivity index (χ4v) is 5.79. The topological polar surface area (TPSA) is 106 Å². The van der Waals surface area contributed by atoms with Crippen LogP contribution >= 0.6 is 0 Å². The van der Waals surface area contributed by atoms with Gasteiger partial charge in [-0.25, -0.2) is 4.98 Å². The highest BCUT2D eigenvalue weighted by molar-refractivity contribution is 5.96. The van der Waals surface area contributed by atoms with Crippen LogP contribution in [-0.4, -0.2) is 58.5 Å². The molecule has 6 rings (SSSR count). The maximum absolute atomic E-state index is 13.0. The molecule has 4 aliphatic carbocycles. The van der Waals surface area contributed by atoms with E-state index in [1.807, 2.05) is 6.92 Å². The van der Waals surface area contributed by atoms with Crippen molar-refractivity contribution in [1.29, 1.82) is 0 Å². The van der Waals surface area contributed by atoms with Crippen molar-refractivity contribution in [2.75, 3.05) is 25.1 Å². The summed E-state index contributed by atoms with van der Waals surface area (Å²) in [5.74, 6) is 1.89. The number of rotatable bonds is 6. The first-order valence-electron chi connectivity index (χ1n) is 10.4. The van der Waals surface area contributed by atoms with Crippen LogP contribution in [0.25, 0.3) is 0 Å². The average Bonchev–Trinajstić information content (AvgIpc) is 2.60. The number of hydrogen-bond donors (Lipinski definition) is 3. The molecule has 2 heterocycles. The molecule has 0 radical (unpaired) electrons. The predicted octanol–water partition coefficient (Wildman–Crippen LogP) is 1.36. The standard InChI is InChI=1S/C20H28N4O4/c1-2-28-18-15(8-21-19(24-18)22-14-9-27-10-14)17(25)23-16-12-3-11-4-13(16)7-20(26,5-11)6-12/h8,11-14,16,26H,2-7,9-10H2,1H3,(H,23,25)(H,21,22,24). The average molecular weight is 388 g/mol. The van der Waals surface area contributed by atoms with Gasteiger partial charge in [-0.2, -0.15) is 4.98 Å². The van der Waals surface area contributed by atoms with E-state index >= 15 is 0 Å². The molecule has 4 saturated carbocycles. The lowest BCUT2D eigenvalue weighted by molar-refractivity contribution is -0.136. The van der Waals surface area contributed by atoms with E-state index in [4.69, 9.17) is 9.47 Å². The van der Waals surface area contributed by atoms with Gasteiger partial charge >= 0.3 is 0 Å². The van der Waals surface area contributed by atoms with Crippen molar-refractivity contribution < 1.29 is 19.4 Å². The minimum Gasteiger partial charge on any atom is -0.477 e. The molecule has 1 aromatic rings. The van der Waals surface area contributed by atoms with E-state index in [0.717, 1.165) is 32.1 Å². The van der Waals surface area contributed by atoms with Crippen molar-refractivity contribution in [3.8, 4) is 5.88 Å². The van der Waals surface area contributed by atoms with Crippen LogP contribution < -0.4 is 15.4 Å². The zero-order valence-corrected chi connectivity index (χ0v) is 16.2. The van der Waals surface area contributed by atoms with Gasteiger partial charge in [0.1, 0.15) is 5.56 Å². The maximum atomic E-state index is 13.0. The number of aliphatic hydroxyl groups is 1. The van der Waals surface area contributed by atoms with Crippen LogP contribution in [0.2, 0.25) is 0 Å². The number of carbonyl (C=O) groups excluding carboxylic acids is 1. The van der Waals surface area contributed by atoms with Crippen LogP contribution in [0.3, 0.4) is 0 Å². The highest BCUT2D eigenvalue weighted by Crippen LogP contribution is 2.55. The smallest absolute Gasteiger partial charge is 0.258 e. The highest BCUT2D eigenvalue weighted by atomic mass is 16.5. The molecule has 0 aromatic carbocycles. The summed E-state index contributed by atoms with van der Waals surface area (Å²) in [7, 11) is 0. The second-order valence-corrected chi connectivity index (χ2v) is 8.92. The number of ether oxygens (including phenoxy) is 2. The summed E-state index contributed by atoms with van der Waals surface area (Å²) in [5.41, 5.74) is -0.139. The molecule has 8 heteroatoms. The van der Waals surface area contributed by atoms with Crippen molar-refractivity contribution in [3.63, 3.8) is 0 Å². The van der Waals surface area contributed by atoms with Crippen molar-refractivity contribution in [2.24, 2.45) is 17.8 Å². The van der Waals surface area contributed by atoms with E-state index in [0.29, 0.717) is 55.0 Å². The lowest BCUT2D eigenvalue weighted by atomic mass is 9.52. The summed E-state index contributed by atoms with van der Waals surface area (Å²) >= 11 is 0. The molecule has 4 bridgehead atoms. The molecule has 5 fully saturated rings. The number of aromatic nitrogens is 2. The zero-order valence-electron chi connectivity index (χ0n) is 16.2. The fourth-order valence-electron chi connectivity index (χ4n) is 5.79. The third-order valence-corrected chi connectivity index (χ3v) is 6.79. The predicted molar refractivity (Wildman–Crippen MR) is 101 cm³/mol. The van der Waals surface area contributed by atoms with Crippen LogP contribution in [0.4, 0.5) is 5.95 Å². The van der Waals surface area contributed by atoms with E-state index in [1.54, 1.807) is 6.20 Å². The molecule has 2 atom stereocenters. The Kier molecular flexibility index (Phi) is 4.43. The number of nitrogens with one attached hydrogen (secondary N) is 2. The number of anilines is 1. The lowest BCUT2D eigenvalue weighted by Gasteiger charge is -2.58. The third-order valence-electron chi connectivity index (χ3n) is 6.79. The van der Waals surface area contributed by atoms with Gasteiger partial charge < -0.3 is 25.2 Å². The van der Waals surface area contributed by atoms with Crippen LogP contribution in [-0.2, 0) is 4.74 Å². The third kappa shape index (κ3) is 3.22. The lowest BCUT2D eigenvalue weighted by Crippen LogP contribution is -2.61. The molecule has 2 unspecified atom stereocenters. The van der Waals surface area contributed by atoms with Gasteiger partial charge in [-0.3, -0.25) is 4.79 Å².